The van der Waals surface area contributed by atoms with Crippen molar-refractivity contribution in [1.82, 2.24) is 10.1 Å². The number of thioether (sulfide) groups is 1. The van der Waals surface area contributed by atoms with Gasteiger partial charge in [0.1, 0.15) is 12.7 Å². The summed E-state index contributed by atoms with van der Waals surface area (Å²) in [6, 6.07) is 0. The van der Waals surface area contributed by atoms with Crippen molar-refractivity contribution in [3.8, 4) is 0 Å². The van der Waals surface area contributed by atoms with Gasteiger partial charge in [-0.25, -0.2) is 5.20 Å². The minimum Gasteiger partial charge on any atom is -0.463 e. The van der Waals surface area contributed by atoms with Crippen molar-refractivity contribution < 1.29 is 56.7 Å². The third kappa shape index (κ3) is 9.39. The van der Waals surface area contributed by atoms with E-state index in [-0.39, 0.29) is 24.1 Å². The second kappa shape index (κ2) is 14.9. The third-order valence-electron chi connectivity index (χ3n) is 4.89. The summed E-state index contributed by atoms with van der Waals surface area (Å²) >= 11 is 6.44. The summed E-state index contributed by atoms with van der Waals surface area (Å²) < 4.78 is 38.4. The molecule has 220 valence electrons. The Bertz CT molecular complexity index is 1020. The number of rotatable bonds is 12. The van der Waals surface area contributed by atoms with E-state index in [1.54, 1.807) is 13.8 Å². The molecule has 5 atom stereocenters. The molecule has 2 aliphatic heterocycles. The smallest absolute Gasteiger partial charge is 0.303 e. The highest BCUT2D eigenvalue weighted by atomic mass is 32.5. The Morgan fingerprint density at radius 2 is 1.51 bits per heavy atom. The van der Waals surface area contributed by atoms with Crippen LogP contribution in [0.1, 0.15) is 41.5 Å². The van der Waals surface area contributed by atoms with E-state index in [0.29, 0.717) is 0 Å². The molecule has 18 heteroatoms. The van der Waals surface area contributed by atoms with Crippen LogP contribution in [0.3, 0.4) is 0 Å². The van der Waals surface area contributed by atoms with E-state index in [9.17, 15) is 24.0 Å². The number of hydrogen-bond donors (Lipinski definition) is 1. The molecule has 0 unspecified atom stereocenters. The first-order valence-electron chi connectivity index (χ1n) is 11.8. The van der Waals surface area contributed by atoms with Gasteiger partial charge in [-0.05, 0) is 25.7 Å². The summed E-state index contributed by atoms with van der Waals surface area (Å²) in [7, 11) is 0. The number of nitrogens with one attached hydrogen (secondary N) is 1. The molecule has 0 aromatic carbocycles. The van der Waals surface area contributed by atoms with Gasteiger partial charge in [0, 0.05) is 27.7 Å². The van der Waals surface area contributed by atoms with Crippen LogP contribution < -0.4 is 5.20 Å². The molecule has 0 saturated carbocycles. The summed E-state index contributed by atoms with van der Waals surface area (Å²) in [6.07, 6.45) is -6.95. The molecule has 2 heterocycles. The first kappa shape index (κ1) is 32.9. The maximum Gasteiger partial charge on any atom is 0.303 e. The number of amidine groups is 1. The molecule has 0 aromatic heterocycles. The molecule has 0 aromatic rings. The summed E-state index contributed by atoms with van der Waals surface area (Å²) in [6.45, 7) is 4.91. The molecular formula is C21H32N3O12PS2. The fraction of sp³-hybridized carbons (Fsp3) is 0.714. The zero-order chi connectivity index (χ0) is 29.3. The molecule has 0 bridgehead atoms. The first-order chi connectivity index (χ1) is 18.3. The number of carbonyl (C=O) groups excluding carboxylic acids is 5. The number of nitrogens with zero attached hydrogens (tertiary/aromatic N) is 2. The standard InChI is InChI=1S/C21H32N3O12PS2/c1-7-31-37(38,32-8-2)23-22-21-24(16(29)10-39-21)20-19(35-14(6)28)18(34-13(5)27)17(33-12(4)26)15(36-20)9-30-11(3)25/h15,17-20H,7-10H2,1-6H3,(H,23,38)/b22-21-/t15-,17-,18+,19-,20+/m1/s1. The van der Waals surface area contributed by atoms with Crippen molar-refractivity contribution in [2.45, 2.75) is 72.2 Å². The molecule has 0 aliphatic carbocycles. The second-order valence-corrected chi connectivity index (χ2v) is 12.1. The lowest BCUT2D eigenvalue weighted by Crippen LogP contribution is -2.66. The van der Waals surface area contributed by atoms with Crippen LogP contribution in [-0.4, -0.2) is 96.1 Å². The largest absolute Gasteiger partial charge is 0.463 e. The highest BCUT2D eigenvalue weighted by Gasteiger charge is 2.56. The fourth-order valence-electron chi connectivity index (χ4n) is 3.66. The minimum absolute atomic E-state index is 0.0644. The summed E-state index contributed by atoms with van der Waals surface area (Å²) in [5, 5.41) is 6.98. The molecule has 2 rings (SSSR count). The molecule has 39 heavy (non-hydrogen) atoms. The van der Waals surface area contributed by atoms with Crippen LogP contribution in [0.25, 0.3) is 0 Å². The van der Waals surface area contributed by atoms with E-state index in [0.717, 1.165) is 44.4 Å². The normalized spacial score (nSPS) is 26.2. The van der Waals surface area contributed by atoms with Crippen LogP contribution in [0.4, 0.5) is 0 Å². The van der Waals surface area contributed by atoms with Crippen LogP contribution in [0.2, 0.25) is 0 Å². The van der Waals surface area contributed by atoms with Crippen molar-refractivity contribution >= 4 is 65.2 Å². The Morgan fingerprint density at radius 1 is 0.974 bits per heavy atom. The number of carbonyl (C=O) groups is 5. The number of esters is 4. The van der Waals surface area contributed by atoms with Gasteiger partial charge in [0.25, 0.3) is 0 Å². The molecule has 0 spiro atoms. The SMILES string of the molecule is CCOP(=S)(N/N=C1\SCC(=O)N1[C@H]1O[C@H](COC(C)=O)[C@@H](OC(C)=O)[C@H](OC(C)=O)[C@H]1OC(C)=O)OCC. The highest BCUT2D eigenvalue weighted by molar-refractivity contribution is 8.15. The van der Waals surface area contributed by atoms with E-state index in [4.69, 9.17) is 44.5 Å². The Labute approximate surface area is 234 Å². The van der Waals surface area contributed by atoms with Crippen molar-refractivity contribution in [2.75, 3.05) is 25.6 Å². The van der Waals surface area contributed by atoms with Gasteiger partial charge >= 0.3 is 30.5 Å². The summed E-state index contributed by atoms with van der Waals surface area (Å²) in [4.78, 5) is 61.8. The molecule has 0 radical (unpaired) electrons. The van der Waals surface area contributed by atoms with Gasteiger partial charge in [-0.15, -0.1) is 5.10 Å². The third-order valence-corrected chi connectivity index (χ3v) is 8.24. The van der Waals surface area contributed by atoms with E-state index < -0.39 is 73.7 Å². The number of ether oxygens (including phenoxy) is 5. The summed E-state index contributed by atoms with van der Waals surface area (Å²) in [5.74, 6) is -3.61. The zero-order valence-corrected chi connectivity index (χ0v) is 24.8. The van der Waals surface area contributed by atoms with E-state index in [1.165, 1.54) is 0 Å². The van der Waals surface area contributed by atoms with Gasteiger partial charge in [-0.3, -0.25) is 28.9 Å². The average Bonchev–Trinajstić information content (AvgIpc) is 3.18. The molecule has 1 amide bonds. The zero-order valence-electron chi connectivity index (χ0n) is 22.3. The van der Waals surface area contributed by atoms with Gasteiger partial charge in [0.2, 0.25) is 5.91 Å². The van der Waals surface area contributed by atoms with Crippen molar-refractivity contribution in [1.29, 1.82) is 0 Å². The Morgan fingerprint density at radius 3 is 2.03 bits per heavy atom. The lowest BCUT2D eigenvalue weighted by molar-refractivity contribution is -0.268. The van der Waals surface area contributed by atoms with Gasteiger partial charge in [-0.2, -0.15) is 0 Å². The van der Waals surface area contributed by atoms with Gasteiger partial charge < -0.3 is 32.7 Å². The van der Waals surface area contributed by atoms with Crippen LogP contribution in [-0.2, 0) is 68.5 Å². The molecule has 1 N–H and O–H groups in total. The van der Waals surface area contributed by atoms with Crippen LogP contribution in [0.15, 0.2) is 5.10 Å². The maximum absolute atomic E-state index is 13.1. The van der Waals surface area contributed by atoms with E-state index in [1.807, 2.05) is 0 Å². The molecule has 2 saturated heterocycles. The molecule has 2 fully saturated rings. The van der Waals surface area contributed by atoms with Crippen LogP contribution in [0, 0.1) is 0 Å². The predicted octanol–water partition coefficient (Wildman–Crippen LogP) is 0.803. The van der Waals surface area contributed by atoms with Gasteiger partial charge in [0.05, 0.1) is 19.0 Å². The monoisotopic (exact) mass is 613 g/mol. The number of amides is 1. The molecular weight excluding hydrogens is 581 g/mol. The van der Waals surface area contributed by atoms with Crippen molar-refractivity contribution in [2.24, 2.45) is 5.10 Å². The van der Waals surface area contributed by atoms with Crippen LogP contribution >= 0.6 is 18.4 Å². The van der Waals surface area contributed by atoms with Crippen LogP contribution in [0.5, 0.6) is 0 Å². The predicted molar refractivity (Wildman–Crippen MR) is 139 cm³/mol. The second-order valence-electron chi connectivity index (χ2n) is 7.97. The Hall–Kier alpha value is -2.30. The van der Waals surface area contributed by atoms with Crippen molar-refractivity contribution in [3.63, 3.8) is 0 Å². The average molecular weight is 614 g/mol. The topological polar surface area (TPSA) is 178 Å². The lowest BCUT2D eigenvalue weighted by Gasteiger charge is -2.46. The first-order valence-corrected chi connectivity index (χ1v) is 15.4. The highest BCUT2D eigenvalue weighted by Crippen LogP contribution is 2.44. The lowest BCUT2D eigenvalue weighted by atomic mass is 9.96. The van der Waals surface area contributed by atoms with Gasteiger partial charge in [0.15, 0.2) is 29.7 Å². The maximum atomic E-state index is 13.1. The Balaban J connectivity index is 2.57. The van der Waals surface area contributed by atoms with E-state index in [2.05, 4.69) is 10.3 Å². The number of hydrogen-bond acceptors (Lipinski definition) is 15. The van der Waals surface area contributed by atoms with Crippen molar-refractivity contribution in [3.05, 3.63) is 0 Å². The molecule has 2 aliphatic rings. The number of hydrazone groups is 1. The summed E-state index contributed by atoms with van der Waals surface area (Å²) in [5.41, 5.74) is 0. The quantitative estimate of drug-likeness (QED) is 0.141. The Kier molecular flexibility index (Phi) is 12.6. The van der Waals surface area contributed by atoms with Gasteiger partial charge in [-0.1, -0.05) is 11.8 Å². The van der Waals surface area contributed by atoms with E-state index >= 15 is 0 Å². The molecule has 15 nitrogen and oxygen atoms in total. The fourth-order valence-corrected chi connectivity index (χ4v) is 6.42. The minimum atomic E-state index is -3.05.